The summed E-state index contributed by atoms with van der Waals surface area (Å²) in [4.78, 5) is 42.3. The lowest BCUT2D eigenvalue weighted by molar-refractivity contribution is -0.140. The van der Waals surface area contributed by atoms with E-state index in [1.165, 1.54) is 17.8 Å². The fourth-order valence-electron chi connectivity index (χ4n) is 4.63. The molecule has 4 heterocycles. The summed E-state index contributed by atoms with van der Waals surface area (Å²) < 4.78 is 6.78. The first-order valence-corrected chi connectivity index (χ1v) is 11.1. The Kier molecular flexibility index (Phi) is 5.54. The molecule has 2 bridgehead atoms. The quantitative estimate of drug-likeness (QED) is 0.746. The summed E-state index contributed by atoms with van der Waals surface area (Å²) in [6.07, 6.45) is 5.91. The summed E-state index contributed by atoms with van der Waals surface area (Å²) in [5.41, 5.74) is 1.59. The highest BCUT2D eigenvalue weighted by atomic mass is 32.2. The molecule has 3 atom stereocenters. The fraction of sp³-hybridized carbons (Fsp3) is 0.476. The van der Waals surface area contributed by atoms with Gasteiger partial charge in [0.15, 0.2) is 0 Å². The second-order valence-corrected chi connectivity index (χ2v) is 8.72. The van der Waals surface area contributed by atoms with E-state index >= 15 is 0 Å². The number of nitrogens with zero attached hydrogens (tertiary/aromatic N) is 3. The van der Waals surface area contributed by atoms with Gasteiger partial charge in [-0.15, -0.1) is 0 Å². The van der Waals surface area contributed by atoms with Crippen LogP contribution in [-0.2, 0) is 16.1 Å². The van der Waals surface area contributed by atoms with E-state index in [2.05, 4.69) is 0 Å². The van der Waals surface area contributed by atoms with Crippen LogP contribution in [0.15, 0.2) is 46.0 Å². The zero-order valence-corrected chi connectivity index (χ0v) is 17.4. The molecule has 2 amide bonds. The van der Waals surface area contributed by atoms with Crippen LogP contribution >= 0.6 is 11.8 Å². The zero-order chi connectivity index (χ0) is 20.5. The molecule has 0 aromatic carbocycles. The molecule has 2 aromatic rings. The minimum atomic E-state index is -0.600. The van der Waals surface area contributed by atoms with Crippen LogP contribution in [0.4, 0.5) is 0 Å². The van der Waals surface area contributed by atoms with Crippen LogP contribution in [0.1, 0.15) is 29.6 Å². The Morgan fingerprint density at radius 2 is 2.10 bits per heavy atom. The molecular weight excluding hydrogens is 390 g/mol. The number of furan rings is 1. The van der Waals surface area contributed by atoms with Crippen molar-refractivity contribution in [3.8, 4) is 0 Å². The molecule has 2 aliphatic rings. The van der Waals surface area contributed by atoms with Crippen molar-refractivity contribution in [3.05, 3.63) is 58.4 Å². The summed E-state index contributed by atoms with van der Waals surface area (Å²) in [7, 11) is 1.74. The average molecular weight is 416 g/mol. The molecule has 8 heteroatoms. The fourth-order valence-corrected chi connectivity index (χ4v) is 5.06. The number of fused-ring (bicyclic) bond motifs is 4. The van der Waals surface area contributed by atoms with Crippen LogP contribution in [0.5, 0.6) is 0 Å². The van der Waals surface area contributed by atoms with E-state index < -0.39 is 6.04 Å². The van der Waals surface area contributed by atoms with E-state index in [0.29, 0.717) is 25.4 Å². The van der Waals surface area contributed by atoms with Crippen LogP contribution in [0.3, 0.4) is 0 Å². The van der Waals surface area contributed by atoms with Crippen molar-refractivity contribution in [2.75, 3.05) is 32.1 Å². The van der Waals surface area contributed by atoms with Gasteiger partial charge in [0, 0.05) is 55.8 Å². The van der Waals surface area contributed by atoms with Gasteiger partial charge in [0.05, 0.1) is 18.3 Å². The van der Waals surface area contributed by atoms with Gasteiger partial charge in [-0.3, -0.25) is 19.0 Å². The molecule has 29 heavy (non-hydrogen) atoms. The van der Waals surface area contributed by atoms with Gasteiger partial charge in [-0.1, -0.05) is 6.07 Å². The highest BCUT2D eigenvalue weighted by Gasteiger charge is 2.45. The van der Waals surface area contributed by atoms with Crippen molar-refractivity contribution in [1.82, 2.24) is 14.4 Å². The average Bonchev–Trinajstić information content (AvgIpc) is 3.21. The molecule has 0 unspecified atom stereocenters. The monoisotopic (exact) mass is 415 g/mol. The molecule has 2 aromatic heterocycles. The maximum absolute atomic E-state index is 13.5. The molecule has 4 rings (SSSR count). The SMILES string of the molecule is CSCC(=O)N1C[C@H]2C[C@@H](C1)[C@H](C(=O)N(C)Cc1ccoc1)n1c2cccc1=O. The number of carbonyl (C=O) groups excluding carboxylic acids is 2. The molecule has 7 nitrogen and oxygen atoms in total. The molecule has 0 saturated carbocycles. The van der Waals surface area contributed by atoms with E-state index in [0.717, 1.165) is 17.7 Å². The van der Waals surface area contributed by atoms with Crippen molar-refractivity contribution in [3.63, 3.8) is 0 Å². The molecule has 2 aliphatic heterocycles. The smallest absolute Gasteiger partial charge is 0.251 e. The summed E-state index contributed by atoms with van der Waals surface area (Å²) in [5, 5.41) is 0. The van der Waals surface area contributed by atoms with E-state index in [9.17, 15) is 14.4 Å². The van der Waals surface area contributed by atoms with Crippen molar-refractivity contribution in [2.45, 2.75) is 24.9 Å². The maximum atomic E-state index is 13.5. The van der Waals surface area contributed by atoms with Gasteiger partial charge in [0.25, 0.3) is 5.56 Å². The van der Waals surface area contributed by atoms with Crippen molar-refractivity contribution >= 4 is 23.6 Å². The predicted molar refractivity (Wildman–Crippen MR) is 111 cm³/mol. The lowest BCUT2D eigenvalue weighted by Crippen LogP contribution is -2.54. The standard InChI is InChI=1S/C21H25N3O4S/c1-22(9-14-6-7-28-12-14)21(27)20-16-8-15(10-23(11-16)19(26)13-29-2)17-4-3-5-18(25)24(17)20/h3-7,12,15-16,20H,8-11,13H2,1-2H3/t15-,16+,20-/m1/s1. The van der Waals surface area contributed by atoms with Crippen molar-refractivity contribution in [2.24, 2.45) is 5.92 Å². The lowest BCUT2D eigenvalue weighted by Gasteiger charge is -2.47. The number of piperidine rings is 1. The third-order valence-corrected chi connectivity index (χ3v) is 6.43. The van der Waals surface area contributed by atoms with Crippen molar-refractivity contribution < 1.29 is 14.0 Å². The van der Waals surface area contributed by atoms with Crippen LogP contribution in [0.25, 0.3) is 0 Å². The van der Waals surface area contributed by atoms with Gasteiger partial charge in [-0.25, -0.2) is 0 Å². The molecular formula is C21H25N3O4S. The third-order valence-electron chi connectivity index (χ3n) is 5.90. The van der Waals surface area contributed by atoms with E-state index in [-0.39, 0.29) is 29.2 Å². The van der Waals surface area contributed by atoms with Gasteiger partial charge in [0.2, 0.25) is 11.8 Å². The molecule has 0 aliphatic carbocycles. The number of likely N-dealkylation sites (tertiary alicyclic amines) is 1. The van der Waals surface area contributed by atoms with Crippen LogP contribution in [0.2, 0.25) is 0 Å². The lowest BCUT2D eigenvalue weighted by atomic mass is 9.78. The van der Waals surface area contributed by atoms with Gasteiger partial charge in [-0.2, -0.15) is 11.8 Å². The number of rotatable bonds is 5. The number of carbonyl (C=O) groups is 2. The second kappa shape index (κ2) is 8.10. The normalized spacial score (nSPS) is 22.8. The van der Waals surface area contributed by atoms with Crippen LogP contribution in [-0.4, -0.2) is 58.3 Å². The van der Waals surface area contributed by atoms with E-state index in [4.69, 9.17) is 4.42 Å². The van der Waals surface area contributed by atoms with Crippen LogP contribution < -0.4 is 5.56 Å². The number of hydrogen-bond donors (Lipinski definition) is 0. The van der Waals surface area contributed by atoms with Gasteiger partial charge < -0.3 is 14.2 Å². The summed E-state index contributed by atoms with van der Waals surface area (Å²) in [6.45, 7) is 1.52. The summed E-state index contributed by atoms with van der Waals surface area (Å²) in [5.74, 6) is 0.420. The molecule has 154 valence electrons. The Balaban J connectivity index is 1.68. The maximum Gasteiger partial charge on any atom is 0.251 e. The first-order valence-electron chi connectivity index (χ1n) is 9.73. The highest BCUT2D eigenvalue weighted by Crippen LogP contribution is 2.42. The topological polar surface area (TPSA) is 75.8 Å². The predicted octanol–water partition coefficient (Wildman–Crippen LogP) is 1.95. The largest absolute Gasteiger partial charge is 0.472 e. The van der Waals surface area contributed by atoms with E-state index in [1.807, 2.05) is 23.3 Å². The minimum absolute atomic E-state index is 0.0774. The Hall–Kier alpha value is -2.48. The molecule has 0 spiro atoms. The first kappa shape index (κ1) is 19.8. The summed E-state index contributed by atoms with van der Waals surface area (Å²) in [6, 6.07) is 6.40. The molecule has 0 N–H and O–H groups in total. The number of pyridine rings is 1. The first-order chi connectivity index (χ1) is 14.0. The third kappa shape index (κ3) is 3.73. The van der Waals surface area contributed by atoms with E-state index in [1.54, 1.807) is 35.1 Å². The number of thioether (sulfide) groups is 1. The molecule has 1 saturated heterocycles. The number of amides is 2. The number of aromatic nitrogens is 1. The Bertz CT molecular complexity index is 955. The van der Waals surface area contributed by atoms with Crippen molar-refractivity contribution in [1.29, 1.82) is 0 Å². The minimum Gasteiger partial charge on any atom is -0.472 e. The molecule has 1 fully saturated rings. The van der Waals surface area contributed by atoms with Crippen LogP contribution in [0, 0.1) is 5.92 Å². The number of likely N-dealkylation sites (N-methyl/N-ethyl adjacent to an activating group) is 1. The Morgan fingerprint density at radius 3 is 2.83 bits per heavy atom. The van der Waals surface area contributed by atoms with Gasteiger partial charge in [0.1, 0.15) is 6.04 Å². The number of hydrogen-bond acceptors (Lipinski definition) is 5. The summed E-state index contributed by atoms with van der Waals surface area (Å²) >= 11 is 1.50. The molecule has 0 radical (unpaired) electrons. The Morgan fingerprint density at radius 1 is 1.28 bits per heavy atom. The highest BCUT2D eigenvalue weighted by molar-refractivity contribution is 7.99. The second-order valence-electron chi connectivity index (χ2n) is 7.85. The Labute approximate surface area is 173 Å². The zero-order valence-electron chi connectivity index (χ0n) is 16.6. The van der Waals surface area contributed by atoms with Gasteiger partial charge in [-0.05, 0) is 24.8 Å². The van der Waals surface area contributed by atoms with Gasteiger partial charge >= 0.3 is 0 Å².